The van der Waals surface area contributed by atoms with Crippen LogP contribution >= 0.6 is 33.9 Å². The minimum atomic E-state index is 0.583. The third-order valence-corrected chi connectivity index (χ3v) is 5.47. The number of nitrogens with one attached hydrogen (secondary N) is 1. The Morgan fingerprint density at radius 2 is 2.14 bits per heavy atom. The Morgan fingerprint density at radius 3 is 2.81 bits per heavy atom. The number of aromatic nitrogens is 3. The molecule has 4 nitrogen and oxygen atoms in total. The van der Waals surface area contributed by atoms with Crippen LogP contribution in [0.3, 0.4) is 0 Å². The highest BCUT2D eigenvalue weighted by Crippen LogP contribution is 2.37. The van der Waals surface area contributed by atoms with Crippen LogP contribution in [-0.2, 0) is 0 Å². The van der Waals surface area contributed by atoms with Gasteiger partial charge in [-0.05, 0) is 41.9 Å². The summed E-state index contributed by atoms with van der Waals surface area (Å²) in [5.74, 6) is 2.31. The second-order valence-electron chi connectivity index (χ2n) is 5.38. The predicted octanol–water partition coefficient (Wildman–Crippen LogP) is 4.68. The van der Waals surface area contributed by atoms with Crippen molar-refractivity contribution in [3.8, 4) is 11.5 Å². The van der Waals surface area contributed by atoms with E-state index in [1.54, 1.807) is 11.3 Å². The molecule has 6 heteroatoms. The maximum atomic E-state index is 4.85. The normalized spacial score (nSPS) is 15.5. The Hall–Kier alpha value is -0.760. The molecule has 0 aliphatic heterocycles. The molecular formula is C15H19IN4S. The molecule has 2 aromatic rings. The number of anilines is 1. The number of hydrogen-bond donors (Lipinski definition) is 1. The van der Waals surface area contributed by atoms with Crippen molar-refractivity contribution in [1.29, 1.82) is 0 Å². The van der Waals surface area contributed by atoms with Gasteiger partial charge < -0.3 is 5.32 Å². The van der Waals surface area contributed by atoms with Crippen molar-refractivity contribution in [3.63, 3.8) is 0 Å². The summed E-state index contributed by atoms with van der Waals surface area (Å²) in [7, 11) is 0. The van der Waals surface area contributed by atoms with Crippen LogP contribution in [0.5, 0.6) is 0 Å². The van der Waals surface area contributed by atoms with Gasteiger partial charge in [-0.25, -0.2) is 15.0 Å². The van der Waals surface area contributed by atoms with E-state index in [0.717, 1.165) is 30.3 Å². The van der Waals surface area contributed by atoms with Gasteiger partial charge >= 0.3 is 0 Å². The lowest BCUT2D eigenvalue weighted by molar-refractivity contribution is 0.690. The summed E-state index contributed by atoms with van der Waals surface area (Å²) in [4.78, 5) is 13.9. The van der Waals surface area contributed by atoms with E-state index in [-0.39, 0.29) is 0 Å². The number of rotatable bonds is 5. The summed E-state index contributed by atoms with van der Waals surface area (Å²) in [6.45, 7) is 3.11. The lowest BCUT2D eigenvalue weighted by Gasteiger charge is -2.16. The smallest absolute Gasteiger partial charge is 0.181 e. The molecule has 0 amide bonds. The molecule has 1 aliphatic rings. The third kappa shape index (κ3) is 3.36. The molecule has 0 aromatic carbocycles. The van der Waals surface area contributed by atoms with E-state index in [1.165, 1.54) is 34.9 Å². The fraction of sp³-hybridized carbons (Fsp3) is 0.533. The van der Waals surface area contributed by atoms with Crippen LogP contribution in [0.15, 0.2) is 10.9 Å². The van der Waals surface area contributed by atoms with Crippen LogP contribution in [0.1, 0.15) is 50.6 Å². The first-order chi connectivity index (χ1) is 10.3. The van der Waals surface area contributed by atoms with Crippen LogP contribution in [0.2, 0.25) is 0 Å². The summed E-state index contributed by atoms with van der Waals surface area (Å²) in [6, 6.07) is 0. The van der Waals surface area contributed by atoms with E-state index in [0.29, 0.717) is 5.92 Å². The Bertz CT molecular complexity index is 594. The van der Waals surface area contributed by atoms with Gasteiger partial charge in [0.1, 0.15) is 11.5 Å². The summed E-state index contributed by atoms with van der Waals surface area (Å²) < 4.78 is 1.19. The Morgan fingerprint density at radius 1 is 1.33 bits per heavy atom. The molecule has 1 saturated carbocycles. The fourth-order valence-electron chi connectivity index (χ4n) is 2.73. The quantitative estimate of drug-likeness (QED) is 0.722. The highest BCUT2D eigenvalue weighted by atomic mass is 127. The maximum Gasteiger partial charge on any atom is 0.181 e. The van der Waals surface area contributed by atoms with Crippen LogP contribution in [-0.4, -0.2) is 21.5 Å². The average molecular weight is 414 g/mol. The van der Waals surface area contributed by atoms with Crippen LogP contribution < -0.4 is 5.32 Å². The lowest BCUT2D eigenvalue weighted by Crippen LogP contribution is -2.11. The Balaban J connectivity index is 2.02. The van der Waals surface area contributed by atoms with Crippen molar-refractivity contribution in [2.75, 3.05) is 11.9 Å². The van der Waals surface area contributed by atoms with Crippen molar-refractivity contribution >= 4 is 39.7 Å². The monoisotopic (exact) mass is 414 g/mol. The minimum Gasteiger partial charge on any atom is -0.369 e. The lowest BCUT2D eigenvalue weighted by atomic mass is 10.0. The Kier molecular flexibility index (Phi) is 5.05. The third-order valence-electron chi connectivity index (χ3n) is 3.82. The molecule has 21 heavy (non-hydrogen) atoms. The van der Waals surface area contributed by atoms with Gasteiger partial charge in [0, 0.05) is 17.8 Å². The van der Waals surface area contributed by atoms with Crippen molar-refractivity contribution in [2.24, 2.45) is 0 Å². The number of hydrogen-bond acceptors (Lipinski definition) is 5. The van der Waals surface area contributed by atoms with E-state index >= 15 is 0 Å². The highest BCUT2D eigenvalue weighted by molar-refractivity contribution is 14.1. The van der Waals surface area contributed by atoms with Crippen molar-refractivity contribution in [1.82, 2.24) is 15.0 Å². The molecule has 2 heterocycles. The molecule has 1 aliphatic carbocycles. The second-order valence-corrected chi connectivity index (χ2v) is 7.17. The van der Waals surface area contributed by atoms with Crippen molar-refractivity contribution in [3.05, 3.63) is 20.2 Å². The van der Waals surface area contributed by atoms with Gasteiger partial charge in [0.05, 0.1) is 14.8 Å². The fourth-order valence-corrected chi connectivity index (χ4v) is 4.14. The van der Waals surface area contributed by atoms with E-state index < -0.39 is 0 Å². The first-order valence-electron chi connectivity index (χ1n) is 7.49. The van der Waals surface area contributed by atoms with Gasteiger partial charge in [-0.3, -0.25) is 0 Å². The van der Waals surface area contributed by atoms with Crippen LogP contribution in [0, 0.1) is 3.57 Å². The predicted molar refractivity (Wildman–Crippen MR) is 95.8 cm³/mol. The van der Waals surface area contributed by atoms with E-state index in [2.05, 4.69) is 39.8 Å². The molecular weight excluding hydrogens is 395 g/mol. The molecule has 0 saturated heterocycles. The largest absolute Gasteiger partial charge is 0.369 e. The molecule has 0 unspecified atom stereocenters. The van der Waals surface area contributed by atoms with E-state index in [1.807, 2.05) is 10.9 Å². The minimum absolute atomic E-state index is 0.583. The topological polar surface area (TPSA) is 50.7 Å². The SMILES string of the molecule is CCCNc1nc(-c2cscn2)nc(C2CCCC2)c1I. The van der Waals surface area contributed by atoms with E-state index in [4.69, 9.17) is 9.97 Å². The molecule has 1 N–H and O–H groups in total. The van der Waals surface area contributed by atoms with Gasteiger partial charge in [0.15, 0.2) is 5.82 Å². The average Bonchev–Trinajstić information content (AvgIpc) is 3.19. The maximum absolute atomic E-state index is 4.85. The van der Waals surface area contributed by atoms with Crippen LogP contribution in [0.25, 0.3) is 11.5 Å². The zero-order valence-electron chi connectivity index (χ0n) is 12.1. The summed E-state index contributed by atoms with van der Waals surface area (Å²) in [5.41, 5.74) is 3.94. The first kappa shape index (κ1) is 15.1. The van der Waals surface area contributed by atoms with Gasteiger partial charge in [0.25, 0.3) is 0 Å². The zero-order valence-corrected chi connectivity index (χ0v) is 15.1. The highest BCUT2D eigenvalue weighted by Gasteiger charge is 2.24. The molecule has 0 radical (unpaired) electrons. The van der Waals surface area contributed by atoms with Crippen molar-refractivity contribution < 1.29 is 0 Å². The molecule has 112 valence electrons. The number of nitrogens with zero attached hydrogens (tertiary/aromatic N) is 3. The second kappa shape index (κ2) is 7.00. The van der Waals surface area contributed by atoms with Crippen molar-refractivity contribution in [2.45, 2.75) is 44.9 Å². The Labute approximate surface area is 143 Å². The molecule has 1 fully saturated rings. The van der Waals surface area contributed by atoms with Gasteiger partial charge in [-0.15, -0.1) is 11.3 Å². The van der Waals surface area contributed by atoms with Gasteiger partial charge in [0.2, 0.25) is 0 Å². The first-order valence-corrected chi connectivity index (χ1v) is 9.51. The molecule has 2 aromatic heterocycles. The van der Waals surface area contributed by atoms with E-state index in [9.17, 15) is 0 Å². The molecule has 3 rings (SSSR count). The number of thiazole rings is 1. The standard InChI is InChI=1S/C15H19IN4S/c1-2-7-17-15-12(16)13(10-5-3-4-6-10)19-14(20-15)11-8-21-9-18-11/h8-10H,2-7H2,1H3,(H,17,19,20). The summed E-state index contributed by atoms with van der Waals surface area (Å²) in [6.07, 6.45) is 6.21. The number of halogens is 1. The summed E-state index contributed by atoms with van der Waals surface area (Å²) >= 11 is 3.99. The van der Waals surface area contributed by atoms with Gasteiger partial charge in [-0.2, -0.15) is 0 Å². The van der Waals surface area contributed by atoms with Crippen LogP contribution in [0.4, 0.5) is 5.82 Å². The zero-order chi connectivity index (χ0) is 14.7. The molecule has 0 bridgehead atoms. The molecule has 0 atom stereocenters. The molecule has 0 spiro atoms. The summed E-state index contributed by atoms with van der Waals surface area (Å²) in [5, 5.41) is 5.46. The van der Waals surface area contributed by atoms with Gasteiger partial charge in [-0.1, -0.05) is 19.8 Å².